The van der Waals surface area contributed by atoms with Crippen LogP contribution in [-0.4, -0.2) is 33.7 Å². The summed E-state index contributed by atoms with van der Waals surface area (Å²) in [4.78, 5) is 26.9. The number of carbonyl (C=O) groups excluding carboxylic acids is 1. The van der Waals surface area contributed by atoms with Crippen molar-refractivity contribution in [2.45, 2.75) is 39.2 Å². The summed E-state index contributed by atoms with van der Waals surface area (Å²) in [6.45, 7) is 2.64. The number of aryl methyl sites for hydroxylation is 1. The van der Waals surface area contributed by atoms with E-state index in [4.69, 9.17) is 5.11 Å². The molecule has 0 saturated carbocycles. The average molecular weight is 330 g/mol. The Morgan fingerprint density at radius 2 is 1.96 bits per heavy atom. The van der Waals surface area contributed by atoms with E-state index in [1.165, 1.54) is 7.11 Å². The smallest absolute Gasteiger partial charge is 0.337 e. The number of imidazole rings is 1. The molecule has 24 heavy (non-hydrogen) atoms. The molecule has 0 spiro atoms. The van der Waals surface area contributed by atoms with Gasteiger partial charge in [0.2, 0.25) is 0 Å². The van der Waals surface area contributed by atoms with E-state index in [0.29, 0.717) is 17.8 Å². The van der Waals surface area contributed by atoms with Crippen molar-refractivity contribution >= 4 is 11.9 Å². The maximum absolute atomic E-state index is 11.5. The number of aromatic nitrogens is 2. The van der Waals surface area contributed by atoms with Crippen LogP contribution in [0.5, 0.6) is 0 Å². The number of carbonyl (C=O) groups is 2. The third-order valence-electron chi connectivity index (χ3n) is 3.82. The number of rotatable bonds is 8. The molecular weight excluding hydrogens is 308 g/mol. The predicted octanol–water partition coefficient (Wildman–Crippen LogP) is 2.69. The zero-order valence-corrected chi connectivity index (χ0v) is 14.0. The molecule has 0 radical (unpaired) electrons. The summed E-state index contributed by atoms with van der Waals surface area (Å²) in [5, 5.41) is 9.07. The number of aliphatic carboxylic acids is 1. The van der Waals surface area contributed by atoms with Gasteiger partial charge < -0.3 is 14.4 Å². The van der Waals surface area contributed by atoms with Gasteiger partial charge in [-0.2, -0.15) is 0 Å². The minimum atomic E-state index is -0.876. The van der Waals surface area contributed by atoms with Crippen molar-refractivity contribution < 1.29 is 19.4 Å². The minimum absolute atomic E-state index is 0.0562. The molecule has 0 bridgehead atoms. The van der Waals surface area contributed by atoms with E-state index < -0.39 is 5.97 Å². The number of methoxy groups -OCH3 is 1. The van der Waals surface area contributed by atoms with Gasteiger partial charge >= 0.3 is 11.9 Å². The van der Waals surface area contributed by atoms with Crippen molar-refractivity contribution in [1.29, 1.82) is 0 Å². The Bertz CT molecular complexity index is 704. The molecule has 0 unspecified atom stereocenters. The van der Waals surface area contributed by atoms with Crippen molar-refractivity contribution in [3.8, 4) is 0 Å². The van der Waals surface area contributed by atoms with Gasteiger partial charge in [0.25, 0.3) is 0 Å². The quantitative estimate of drug-likeness (QED) is 0.753. The van der Waals surface area contributed by atoms with E-state index in [0.717, 1.165) is 30.7 Å². The van der Waals surface area contributed by atoms with Gasteiger partial charge in [0, 0.05) is 24.9 Å². The Kier molecular flexibility index (Phi) is 6.12. The number of unbranched alkanes of at least 4 members (excludes halogenated alkanes) is 1. The highest BCUT2D eigenvalue weighted by Gasteiger charge is 2.13. The number of ether oxygens (including phenoxy) is 1. The van der Waals surface area contributed by atoms with Crippen molar-refractivity contribution in [2.24, 2.45) is 0 Å². The van der Waals surface area contributed by atoms with E-state index in [1.807, 2.05) is 16.7 Å². The maximum Gasteiger partial charge on any atom is 0.337 e. The van der Waals surface area contributed by atoms with Crippen molar-refractivity contribution in [1.82, 2.24) is 9.55 Å². The highest BCUT2D eigenvalue weighted by molar-refractivity contribution is 5.89. The first-order valence-corrected chi connectivity index (χ1v) is 7.97. The van der Waals surface area contributed by atoms with Gasteiger partial charge in [0.1, 0.15) is 5.82 Å². The van der Waals surface area contributed by atoms with E-state index >= 15 is 0 Å². The van der Waals surface area contributed by atoms with Gasteiger partial charge in [0.05, 0.1) is 19.1 Å². The van der Waals surface area contributed by atoms with Crippen molar-refractivity contribution in [2.75, 3.05) is 7.11 Å². The first kappa shape index (κ1) is 17.7. The number of carboxylic acid groups (broad SMARTS) is 1. The second-order valence-corrected chi connectivity index (χ2v) is 5.61. The molecule has 6 heteroatoms. The molecule has 1 N–H and O–H groups in total. The second-order valence-electron chi connectivity index (χ2n) is 5.61. The SMILES string of the molecule is CCCCc1ncc(CC(=O)O)n1Cc1ccc(C(=O)OC)cc1. The average Bonchev–Trinajstić information content (AvgIpc) is 2.94. The number of hydrogen-bond donors (Lipinski definition) is 1. The molecule has 1 aromatic carbocycles. The maximum atomic E-state index is 11.5. The fourth-order valence-electron chi connectivity index (χ4n) is 2.52. The fraction of sp³-hybridized carbons (Fsp3) is 0.389. The molecule has 1 heterocycles. The van der Waals surface area contributed by atoms with Crippen LogP contribution in [0.2, 0.25) is 0 Å². The zero-order valence-electron chi connectivity index (χ0n) is 14.0. The van der Waals surface area contributed by atoms with E-state index in [-0.39, 0.29) is 12.4 Å². The third kappa shape index (κ3) is 4.44. The Hall–Kier alpha value is -2.63. The summed E-state index contributed by atoms with van der Waals surface area (Å²) in [6.07, 6.45) is 4.46. The normalized spacial score (nSPS) is 10.6. The molecule has 6 nitrogen and oxygen atoms in total. The summed E-state index contributed by atoms with van der Waals surface area (Å²) in [5.74, 6) is -0.358. The van der Waals surface area contributed by atoms with E-state index in [2.05, 4.69) is 16.6 Å². The lowest BCUT2D eigenvalue weighted by Crippen LogP contribution is -2.12. The van der Waals surface area contributed by atoms with Crippen LogP contribution >= 0.6 is 0 Å². The lowest BCUT2D eigenvalue weighted by Gasteiger charge is -2.12. The third-order valence-corrected chi connectivity index (χ3v) is 3.82. The molecule has 0 atom stereocenters. The van der Waals surface area contributed by atoms with Crippen molar-refractivity contribution in [3.05, 3.63) is 53.1 Å². The van der Waals surface area contributed by atoms with Crippen LogP contribution in [-0.2, 0) is 28.9 Å². The molecular formula is C18H22N2O4. The molecule has 128 valence electrons. The van der Waals surface area contributed by atoms with E-state index in [9.17, 15) is 9.59 Å². The molecule has 2 aromatic rings. The summed E-state index contributed by atoms with van der Waals surface area (Å²) >= 11 is 0. The largest absolute Gasteiger partial charge is 0.481 e. The Morgan fingerprint density at radius 3 is 2.54 bits per heavy atom. The Morgan fingerprint density at radius 1 is 1.25 bits per heavy atom. The highest BCUT2D eigenvalue weighted by Crippen LogP contribution is 2.14. The monoisotopic (exact) mass is 330 g/mol. The van der Waals surface area contributed by atoms with Crippen LogP contribution in [0.1, 0.15) is 47.2 Å². The van der Waals surface area contributed by atoms with Gasteiger partial charge in [-0.25, -0.2) is 9.78 Å². The van der Waals surface area contributed by atoms with Gasteiger partial charge in [0.15, 0.2) is 0 Å². The first-order valence-electron chi connectivity index (χ1n) is 7.97. The number of nitrogens with zero attached hydrogens (tertiary/aromatic N) is 2. The molecule has 0 aliphatic carbocycles. The van der Waals surface area contributed by atoms with Crippen molar-refractivity contribution in [3.63, 3.8) is 0 Å². The van der Waals surface area contributed by atoms with Crippen LogP contribution in [0, 0.1) is 0 Å². The number of hydrogen-bond acceptors (Lipinski definition) is 4. The Labute approximate surface area is 141 Å². The predicted molar refractivity (Wildman–Crippen MR) is 89.1 cm³/mol. The molecule has 0 amide bonds. The lowest BCUT2D eigenvalue weighted by molar-refractivity contribution is -0.136. The van der Waals surface area contributed by atoms with Crippen LogP contribution in [0.15, 0.2) is 30.5 Å². The molecule has 0 saturated heterocycles. The number of carboxylic acids is 1. The fourth-order valence-corrected chi connectivity index (χ4v) is 2.52. The Balaban J connectivity index is 2.24. The molecule has 2 rings (SSSR count). The van der Waals surface area contributed by atoms with Gasteiger partial charge in [-0.1, -0.05) is 25.5 Å². The summed E-state index contributed by atoms with van der Waals surface area (Å²) < 4.78 is 6.64. The topological polar surface area (TPSA) is 81.4 Å². The van der Waals surface area contributed by atoms with Gasteiger partial charge in [-0.05, 0) is 24.1 Å². The first-order chi connectivity index (χ1) is 11.5. The lowest BCUT2D eigenvalue weighted by atomic mass is 10.1. The van der Waals surface area contributed by atoms with E-state index in [1.54, 1.807) is 18.3 Å². The molecule has 0 aliphatic rings. The van der Waals surface area contributed by atoms with Crippen LogP contribution in [0.25, 0.3) is 0 Å². The molecule has 0 aliphatic heterocycles. The molecule has 1 aromatic heterocycles. The standard InChI is InChI=1S/C18H22N2O4/c1-3-4-5-16-19-11-15(10-17(21)22)20(16)12-13-6-8-14(9-7-13)18(23)24-2/h6-9,11H,3-5,10,12H2,1-2H3,(H,21,22). The van der Waals surface area contributed by atoms with Crippen LogP contribution < -0.4 is 0 Å². The van der Waals surface area contributed by atoms with Crippen LogP contribution in [0.3, 0.4) is 0 Å². The number of benzene rings is 1. The second kappa shape index (κ2) is 8.29. The summed E-state index contributed by atoms with van der Waals surface area (Å²) in [7, 11) is 1.35. The highest BCUT2D eigenvalue weighted by atomic mass is 16.5. The summed E-state index contributed by atoms with van der Waals surface area (Å²) in [6, 6.07) is 7.11. The molecule has 0 fully saturated rings. The van der Waals surface area contributed by atoms with Crippen LogP contribution in [0.4, 0.5) is 0 Å². The van der Waals surface area contributed by atoms with Gasteiger partial charge in [-0.3, -0.25) is 4.79 Å². The number of esters is 1. The zero-order chi connectivity index (χ0) is 17.5. The minimum Gasteiger partial charge on any atom is -0.481 e. The van der Waals surface area contributed by atoms with Gasteiger partial charge in [-0.15, -0.1) is 0 Å². The summed E-state index contributed by atoms with van der Waals surface area (Å²) in [5.41, 5.74) is 2.15.